The van der Waals surface area contributed by atoms with Gasteiger partial charge in [0, 0.05) is 10.2 Å². The summed E-state index contributed by atoms with van der Waals surface area (Å²) in [6.45, 7) is 3.61. The predicted octanol–water partition coefficient (Wildman–Crippen LogP) is 0.736. The van der Waals surface area contributed by atoms with Crippen molar-refractivity contribution < 1.29 is 0 Å². The van der Waals surface area contributed by atoms with E-state index in [-0.39, 0.29) is 0 Å². The number of unbranched alkanes of at least 4 members (excludes halogenated alkanes) is 1. The molecule has 0 saturated heterocycles. The minimum absolute atomic E-state index is 1.21. The molecule has 0 radical (unpaired) electrons. The van der Waals surface area contributed by atoms with Crippen molar-refractivity contribution in [2.75, 3.05) is 0 Å². The average Bonchev–Trinajstić information content (AvgIpc) is 1.61. The molecule has 0 fully saturated rings. The lowest BCUT2D eigenvalue weighted by atomic mass is 10.3. The first kappa shape index (κ1) is 5.96. The van der Waals surface area contributed by atoms with Crippen molar-refractivity contribution in [3.05, 3.63) is 12.7 Å². The van der Waals surface area contributed by atoms with Crippen LogP contribution in [0.25, 0.3) is 0 Å². The molecule has 1 heteroatoms. The molecule has 0 aliphatic heterocycles. The average molecular weight is 100 g/mol. The third-order valence-corrected chi connectivity index (χ3v) is 1.47. The van der Waals surface area contributed by atoms with Crippen LogP contribution in [0.3, 0.4) is 0 Å². The highest BCUT2D eigenvalue weighted by atomic mass is 28.1. The Labute approximate surface area is 42.7 Å². The molecule has 0 amide bonds. The first-order chi connectivity index (χ1) is 2.91. The van der Waals surface area contributed by atoms with E-state index < -0.39 is 0 Å². The van der Waals surface area contributed by atoms with Gasteiger partial charge in [0.15, 0.2) is 0 Å². The lowest BCUT2D eigenvalue weighted by Crippen LogP contribution is -1.65. The Morgan fingerprint density at radius 3 is 2.50 bits per heavy atom. The standard InChI is InChI=1S/C5H12Si/c1-2-3-4-5-6/h2H,1,3-5H2,6H3. The van der Waals surface area contributed by atoms with Crippen LogP contribution in [0.2, 0.25) is 6.04 Å². The molecule has 36 valence electrons. The molecule has 0 rings (SSSR count). The van der Waals surface area contributed by atoms with E-state index in [2.05, 4.69) is 6.58 Å². The van der Waals surface area contributed by atoms with Crippen molar-refractivity contribution in [2.45, 2.75) is 18.9 Å². The highest BCUT2D eigenvalue weighted by Crippen LogP contribution is 1.90. The lowest BCUT2D eigenvalue weighted by molar-refractivity contribution is 0.958. The van der Waals surface area contributed by atoms with Crippen LogP contribution in [0.15, 0.2) is 12.7 Å². The van der Waals surface area contributed by atoms with Crippen LogP contribution in [-0.2, 0) is 0 Å². The molecule has 0 nitrogen and oxygen atoms in total. The van der Waals surface area contributed by atoms with Gasteiger partial charge in [-0.05, 0) is 6.42 Å². The van der Waals surface area contributed by atoms with Crippen molar-refractivity contribution in [3.8, 4) is 0 Å². The van der Waals surface area contributed by atoms with Crippen LogP contribution in [-0.4, -0.2) is 10.2 Å². The summed E-state index contributed by atoms with van der Waals surface area (Å²) < 4.78 is 0. The molecule has 0 unspecified atom stereocenters. The third-order valence-electron chi connectivity index (χ3n) is 0.762. The minimum Gasteiger partial charge on any atom is -0.103 e. The molecule has 0 aliphatic rings. The summed E-state index contributed by atoms with van der Waals surface area (Å²) in [5.74, 6) is 0. The Morgan fingerprint density at radius 2 is 2.33 bits per heavy atom. The number of allylic oxidation sites excluding steroid dienone is 1. The molecule has 0 atom stereocenters. The Morgan fingerprint density at radius 1 is 1.67 bits per heavy atom. The second-order valence-electron chi connectivity index (χ2n) is 1.43. The maximum Gasteiger partial charge on any atom is 0.00281 e. The van der Waals surface area contributed by atoms with E-state index in [1.807, 2.05) is 6.08 Å². The van der Waals surface area contributed by atoms with Crippen molar-refractivity contribution in [2.24, 2.45) is 0 Å². The molecule has 0 aliphatic carbocycles. The van der Waals surface area contributed by atoms with Crippen LogP contribution in [0.1, 0.15) is 12.8 Å². The van der Waals surface area contributed by atoms with E-state index >= 15 is 0 Å². The Hall–Kier alpha value is -0.0431. The van der Waals surface area contributed by atoms with Gasteiger partial charge in [0.05, 0.1) is 0 Å². The maximum atomic E-state index is 3.61. The molecule has 6 heavy (non-hydrogen) atoms. The van der Waals surface area contributed by atoms with E-state index in [4.69, 9.17) is 0 Å². The Balaban J connectivity index is 2.49. The van der Waals surface area contributed by atoms with Gasteiger partial charge in [-0.3, -0.25) is 0 Å². The van der Waals surface area contributed by atoms with Gasteiger partial charge in [-0.1, -0.05) is 18.5 Å². The van der Waals surface area contributed by atoms with Gasteiger partial charge in [-0.25, -0.2) is 0 Å². The van der Waals surface area contributed by atoms with Crippen molar-refractivity contribution >= 4 is 10.2 Å². The Bertz CT molecular complexity index is 32.9. The zero-order valence-electron chi connectivity index (χ0n) is 4.41. The summed E-state index contributed by atoms with van der Waals surface area (Å²) in [5.41, 5.74) is 0. The summed E-state index contributed by atoms with van der Waals surface area (Å²) in [7, 11) is 1.36. The second kappa shape index (κ2) is 4.96. The van der Waals surface area contributed by atoms with Gasteiger partial charge >= 0.3 is 0 Å². The number of hydrogen-bond donors (Lipinski definition) is 0. The predicted molar refractivity (Wildman–Crippen MR) is 34.2 cm³/mol. The summed E-state index contributed by atoms with van der Waals surface area (Å²) in [6, 6.07) is 1.42. The Kier molecular flexibility index (Phi) is 4.92. The fraction of sp³-hybridized carbons (Fsp3) is 0.600. The quantitative estimate of drug-likeness (QED) is 0.279. The molecular formula is C5H12Si. The number of rotatable bonds is 3. The number of hydrogen-bond acceptors (Lipinski definition) is 0. The van der Waals surface area contributed by atoms with Gasteiger partial charge in [0.2, 0.25) is 0 Å². The zero-order chi connectivity index (χ0) is 4.83. The molecule has 0 N–H and O–H groups in total. The molecule has 0 aromatic carbocycles. The van der Waals surface area contributed by atoms with Gasteiger partial charge in [0.25, 0.3) is 0 Å². The first-order valence-corrected chi connectivity index (χ1v) is 3.94. The fourth-order valence-electron chi connectivity index (χ4n) is 0.348. The largest absolute Gasteiger partial charge is 0.103 e. The normalized spacial score (nSPS) is 8.67. The van der Waals surface area contributed by atoms with Crippen molar-refractivity contribution in [1.29, 1.82) is 0 Å². The minimum atomic E-state index is 1.21. The van der Waals surface area contributed by atoms with Crippen LogP contribution in [0.5, 0.6) is 0 Å². The molecule has 0 aromatic heterocycles. The van der Waals surface area contributed by atoms with Gasteiger partial charge < -0.3 is 0 Å². The van der Waals surface area contributed by atoms with Crippen molar-refractivity contribution in [1.82, 2.24) is 0 Å². The molecule has 0 aromatic rings. The molecule has 0 heterocycles. The van der Waals surface area contributed by atoms with E-state index in [9.17, 15) is 0 Å². The SMILES string of the molecule is C=CCCC[SiH3]. The topological polar surface area (TPSA) is 0 Å². The van der Waals surface area contributed by atoms with Gasteiger partial charge in [-0.2, -0.15) is 0 Å². The van der Waals surface area contributed by atoms with Gasteiger partial charge in [-0.15, -0.1) is 6.58 Å². The van der Waals surface area contributed by atoms with Crippen LogP contribution >= 0.6 is 0 Å². The third kappa shape index (κ3) is 3.96. The highest BCUT2D eigenvalue weighted by Gasteiger charge is 1.71. The molecular weight excluding hydrogens is 88.1 g/mol. The van der Waals surface area contributed by atoms with E-state index in [1.54, 1.807) is 0 Å². The van der Waals surface area contributed by atoms with Gasteiger partial charge in [0.1, 0.15) is 0 Å². The maximum absolute atomic E-state index is 3.61. The molecule has 0 bridgehead atoms. The van der Waals surface area contributed by atoms with Crippen LogP contribution < -0.4 is 0 Å². The monoisotopic (exact) mass is 100 g/mol. The smallest absolute Gasteiger partial charge is 0.00281 e. The van der Waals surface area contributed by atoms with E-state index in [0.717, 1.165) is 0 Å². The van der Waals surface area contributed by atoms with E-state index in [0.29, 0.717) is 0 Å². The zero-order valence-corrected chi connectivity index (χ0v) is 6.41. The summed E-state index contributed by atoms with van der Waals surface area (Å²) in [5, 5.41) is 0. The lowest BCUT2D eigenvalue weighted by Gasteiger charge is -1.81. The van der Waals surface area contributed by atoms with Crippen LogP contribution in [0, 0.1) is 0 Å². The highest BCUT2D eigenvalue weighted by molar-refractivity contribution is 6.08. The first-order valence-electron chi connectivity index (χ1n) is 2.52. The molecule has 0 spiro atoms. The fourth-order valence-corrected chi connectivity index (χ4v) is 0.757. The van der Waals surface area contributed by atoms with Crippen LogP contribution in [0.4, 0.5) is 0 Å². The summed E-state index contributed by atoms with van der Waals surface area (Å²) in [4.78, 5) is 0. The summed E-state index contributed by atoms with van der Waals surface area (Å²) >= 11 is 0. The molecule has 0 saturated carbocycles. The van der Waals surface area contributed by atoms with E-state index in [1.165, 1.54) is 29.1 Å². The van der Waals surface area contributed by atoms with Crippen molar-refractivity contribution in [3.63, 3.8) is 0 Å². The summed E-state index contributed by atoms with van der Waals surface area (Å²) in [6.07, 6.45) is 4.55. The second-order valence-corrected chi connectivity index (χ2v) is 2.43.